The number of hydrogen-bond donors (Lipinski definition) is 1. The van der Waals surface area contributed by atoms with Crippen molar-refractivity contribution in [3.63, 3.8) is 0 Å². The Morgan fingerprint density at radius 2 is 1.96 bits per heavy atom. The number of nitro benzene ring substituents is 1. The molecule has 1 amide bonds. The number of hydrogen-bond acceptors (Lipinski definition) is 5. The van der Waals surface area contributed by atoms with Crippen LogP contribution >= 0.6 is 0 Å². The molecule has 0 bridgehead atoms. The molecule has 0 spiro atoms. The molecule has 1 aliphatic heterocycles. The molecule has 7 heteroatoms. The highest BCUT2D eigenvalue weighted by atomic mass is 16.6. The summed E-state index contributed by atoms with van der Waals surface area (Å²) >= 11 is 0. The van der Waals surface area contributed by atoms with Gasteiger partial charge in [0.25, 0.3) is 11.6 Å². The van der Waals surface area contributed by atoms with Crippen LogP contribution in [0.4, 0.5) is 5.69 Å². The summed E-state index contributed by atoms with van der Waals surface area (Å²) in [4.78, 5) is 26.6. The zero-order chi connectivity index (χ0) is 16.2. The van der Waals surface area contributed by atoms with E-state index in [1.807, 2.05) is 30.3 Å². The lowest BCUT2D eigenvalue weighted by Gasteiger charge is -2.28. The van der Waals surface area contributed by atoms with E-state index in [2.05, 4.69) is 10.4 Å². The Morgan fingerprint density at radius 1 is 1.17 bits per heavy atom. The first kappa shape index (κ1) is 14.7. The lowest BCUT2D eigenvalue weighted by molar-refractivity contribution is -0.384. The minimum absolute atomic E-state index is 0.0118. The van der Waals surface area contributed by atoms with Crippen LogP contribution in [0, 0.1) is 10.1 Å². The van der Waals surface area contributed by atoms with Crippen molar-refractivity contribution in [3.05, 3.63) is 75.8 Å². The van der Waals surface area contributed by atoms with Gasteiger partial charge in [0.05, 0.1) is 11.5 Å². The Balaban J connectivity index is 1.81. The summed E-state index contributed by atoms with van der Waals surface area (Å²) in [7, 11) is 0. The van der Waals surface area contributed by atoms with Gasteiger partial charge in [-0.2, -0.15) is 0 Å². The highest BCUT2D eigenvalue weighted by molar-refractivity contribution is 6.02. The van der Waals surface area contributed by atoms with Gasteiger partial charge in [-0.05, 0) is 5.56 Å². The molecule has 0 unspecified atom stereocenters. The lowest BCUT2D eigenvalue weighted by atomic mass is 10.1. The molecule has 2 aromatic rings. The molecule has 1 heterocycles. The number of nitrogens with one attached hydrogen (secondary N) is 1. The molecule has 7 nitrogen and oxygen atoms in total. The second-order valence-electron chi connectivity index (χ2n) is 5.05. The average molecular weight is 310 g/mol. The van der Waals surface area contributed by atoms with Crippen LogP contribution in [0.25, 0.3) is 0 Å². The number of benzene rings is 2. The highest BCUT2D eigenvalue weighted by Crippen LogP contribution is 2.15. The second-order valence-corrected chi connectivity index (χ2v) is 5.05. The van der Waals surface area contributed by atoms with Crippen molar-refractivity contribution < 1.29 is 9.72 Å². The molecular weight excluding hydrogens is 296 g/mol. The molecule has 0 saturated carbocycles. The number of nitrogens with zero attached hydrogens (tertiary/aromatic N) is 3. The number of aliphatic imine (C=N–C) groups is 1. The van der Waals surface area contributed by atoms with Gasteiger partial charge < -0.3 is 0 Å². The Hall–Kier alpha value is -3.22. The third kappa shape index (κ3) is 3.34. The van der Waals surface area contributed by atoms with Crippen molar-refractivity contribution in [1.82, 2.24) is 10.4 Å². The topological polar surface area (TPSA) is 87.8 Å². The third-order valence-electron chi connectivity index (χ3n) is 3.43. The van der Waals surface area contributed by atoms with Gasteiger partial charge in [0.1, 0.15) is 12.4 Å². The molecule has 0 fully saturated rings. The van der Waals surface area contributed by atoms with E-state index in [1.54, 1.807) is 12.1 Å². The van der Waals surface area contributed by atoms with E-state index in [0.29, 0.717) is 17.9 Å². The highest BCUT2D eigenvalue weighted by Gasteiger charge is 2.22. The van der Waals surface area contributed by atoms with Crippen molar-refractivity contribution in [2.45, 2.75) is 6.54 Å². The summed E-state index contributed by atoms with van der Waals surface area (Å²) in [5.74, 6) is 0.298. The van der Waals surface area contributed by atoms with Crippen LogP contribution in [0.1, 0.15) is 11.1 Å². The van der Waals surface area contributed by atoms with Crippen molar-refractivity contribution in [3.8, 4) is 0 Å². The maximum absolute atomic E-state index is 12.0. The predicted octanol–water partition coefficient (Wildman–Crippen LogP) is 1.89. The SMILES string of the molecule is O=C1CN=C(c2cccc([N+](=O)[O-])c2)NN1Cc1ccccc1. The number of amides is 1. The summed E-state index contributed by atoms with van der Waals surface area (Å²) in [6.07, 6.45) is 0. The fourth-order valence-corrected chi connectivity index (χ4v) is 2.27. The Morgan fingerprint density at radius 3 is 2.70 bits per heavy atom. The molecule has 1 N–H and O–H groups in total. The largest absolute Gasteiger partial charge is 0.279 e. The van der Waals surface area contributed by atoms with Gasteiger partial charge in [0.15, 0.2) is 0 Å². The van der Waals surface area contributed by atoms with Crippen LogP contribution < -0.4 is 5.43 Å². The molecule has 23 heavy (non-hydrogen) atoms. The van der Waals surface area contributed by atoms with E-state index in [9.17, 15) is 14.9 Å². The van der Waals surface area contributed by atoms with Crippen LogP contribution in [0.3, 0.4) is 0 Å². The molecular formula is C16H14N4O3. The van der Waals surface area contributed by atoms with E-state index >= 15 is 0 Å². The van der Waals surface area contributed by atoms with Crippen LogP contribution in [0.2, 0.25) is 0 Å². The molecule has 1 aliphatic rings. The third-order valence-corrected chi connectivity index (χ3v) is 3.43. The van der Waals surface area contributed by atoms with Gasteiger partial charge in [0, 0.05) is 17.7 Å². The Kier molecular flexibility index (Phi) is 4.01. The molecule has 116 valence electrons. The molecule has 2 aromatic carbocycles. The molecule has 0 atom stereocenters. The first-order valence-electron chi connectivity index (χ1n) is 7.04. The second kappa shape index (κ2) is 6.27. The summed E-state index contributed by atoms with van der Waals surface area (Å²) in [5.41, 5.74) is 4.48. The zero-order valence-corrected chi connectivity index (χ0v) is 12.2. The molecule has 0 radical (unpaired) electrons. The Labute approximate surface area is 132 Å². The fourth-order valence-electron chi connectivity index (χ4n) is 2.27. The quantitative estimate of drug-likeness (QED) is 0.690. The summed E-state index contributed by atoms with van der Waals surface area (Å²) in [6, 6.07) is 15.7. The van der Waals surface area contributed by atoms with Crippen LogP contribution in [0.15, 0.2) is 59.6 Å². The number of carbonyl (C=O) groups excluding carboxylic acids is 1. The van der Waals surface area contributed by atoms with Crippen molar-refractivity contribution in [1.29, 1.82) is 0 Å². The molecule has 0 aliphatic carbocycles. The summed E-state index contributed by atoms with van der Waals surface area (Å²) < 4.78 is 0. The van der Waals surface area contributed by atoms with Gasteiger partial charge in [-0.1, -0.05) is 42.5 Å². The van der Waals surface area contributed by atoms with Crippen LogP contribution in [-0.4, -0.2) is 28.2 Å². The molecule has 0 aromatic heterocycles. The minimum Gasteiger partial charge on any atom is -0.279 e. The van der Waals surface area contributed by atoms with E-state index < -0.39 is 4.92 Å². The van der Waals surface area contributed by atoms with Crippen molar-refractivity contribution in [2.75, 3.05) is 6.54 Å². The maximum atomic E-state index is 12.0. The van der Waals surface area contributed by atoms with E-state index in [0.717, 1.165) is 5.56 Å². The smallest absolute Gasteiger partial charge is 0.270 e. The van der Waals surface area contributed by atoms with Gasteiger partial charge in [0.2, 0.25) is 0 Å². The maximum Gasteiger partial charge on any atom is 0.270 e. The number of amidine groups is 1. The standard InChI is InChI=1S/C16H14N4O3/c21-15-10-17-16(13-7-4-8-14(9-13)20(22)23)18-19(15)11-12-5-2-1-3-6-12/h1-9H,10-11H2,(H,17,18). The van der Waals surface area contributed by atoms with Gasteiger partial charge in [-0.25, -0.2) is 5.01 Å². The number of nitro groups is 1. The lowest BCUT2D eigenvalue weighted by Crippen LogP contribution is -2.50. The minimum atomic E-state index is -0.459. The van der Waals surface area contributed by atoms with Crippen LogP contribution in [-0.2, 0) is 11.3 Å². The van der Waals surface area contributed by atoms with Gasteiger partial charge >= 0.3 is 0 Å². The first-order valence-corrected chi connectivity index (χ1v) is 7.04. The first-order chi connectivity index (χ1) is 11.1. The summed E-state index contributed by atoms with van der Waals surface area (Å²) in [5, 5.41) is 12.3. The van der Waals surface area contributed by atoms with Gasteiger partial charge in [-0.3, -0.25) is 25.3 Å². The fraction of sp³-hybridized carbons (Fsp3) is 0.125. The molecule has 3 rings (SSSR count). The number of carbonyl (C=O) groups is 1. The van der Waals surface area contributed by atoms with Gasteiger partial charge in [-0.15, -0.1) is 0 Å². The number of hydrazine groups is 1. The van der Waals surface area contributed by atoms with Crippen molar-refractivity contribution >= 4 is 17.4 Å². The molecule has 0 saturated heterocycles. The van der Waals surface area contributed by atoms with Crippen molar-refractivity contribution in [2.24, 2.45) is 4.99 Å². The van der Waals surface area contributed by atoms with Crippen LogP contribution in [0.5, 0.6) is 0 Å². The van der Waals surface area contributed by atoms with E-state index in [1.165, 1.54) is 17.1 Å². The summed E-state index contributed by atoms with van der Waals surface area (Å²) in [6.45, 7) is 0.408. The Bertz CT molecular complexity index is 774. The number of rotatable bonds is 4. The van der Waals surface area contributed by atoms with E-state index in [-0.39, 0.29) is 18.1 Å². The van der Waals surface area contributed by atoms with E-state index in [4.69, 9.17) is 0 Å². The zero-order valence-electron chi connectivity index (χ0n) is 12.2. The normalized spacial score (nSPS) is 14.2. The predicted molar refractivity (Wildman–Crippen MR) is 84.6 cm³/mol. The number of non-ortho nitro benzene ring substituents is 1. The monoisotopic (exact) mass is 310 g/mol. The average Bonchev–Trinajstić information content (AvgIpc) is 2.58.